The number of aromatic nitrogens is 2. The molecule has 0 aliphatic carbocycles. The van der Waals surface area contributed by atoms with Crippen LogP contribution in [0.3, 0.4) is 0 Å². The molecule has 3 aromatic rings. The van der Waals surface area contributed by atoms with Crippen molar-refractivity contribution in [2.24, 2.45) is 0 Å². The molecule has 3 rings (SSSR count). The second-order valence-corrected chi connectivity index (χ2v) is 8.34. The minimum absolute atomic E-state index is 0.0576. The van der Waals surface area contributed by atoms with Crippen LogP contribution in [0.1, 0.15) is 26.9 Å². The molecule has 0 unspecified atom stereocenters. The molecule has 0 aliphatic rings. The van der Waals surface area contributed by atoms with Gasteiger partial charge in [-0.05, 0) is 43.5 Å². The van der Waals surface area contributed by atoms with E-state index in [-0.39, 0.29) is 11.2 Å². The van der Waals surface area contributed by atoms with Crippen LogP contribution in [-0.2, 0) is 4.79 Å². The number of nitrogens with one attached hydrogen (secondary N) is 1. The van der Waals surface area contributed by atoms with Gasteiger partial charge in [-0.2, -0.15) is 0 Å². The molecular weight excluding hydrogens is 350 g/mol. The molecule has 0 fully saturated rings. The van der Waals surface area contributed by atoms with Crippen molar-refractivity contribution in [1.82, 2.24) is 10.2 Å². The smallest absolute Gasteiger partial charge is 0.242 e. The predicted octanol–water partition coefficient (Wildman–Crippen LogP) is 4.94. The maximum atomic E-state index is 13.0. The Morgan fingerprint density at radius 1 is 1.08 bits per heavy atom. The summed E-state index contributed by atoms with van der Waals surface area (Å²) in [6.45, 7) is 5.92. The zero-order chi connectivity index (χ0) is 17.8. The second-order valence-electron chi connectivity index (χ2n) is 5.80. The van der Waals surface area contributed by atoms with Crippen LogP contribution in [0.2, 0.25) is 0 Å². The average Bonchev–Trinajstić information content (AvgIpc) is 3.02. The number of hydrogen-bond acceptors (Lipinski definition) is 5. The van der Waals surface area contributed by atoms with Crippen LogP contribution in [0, 0.1) is 20.8 Å². The summed E-state index contributed by atoms with van der Waals surface area (Å²) >= 11 is 2.93. The minimum atomic E-state index is -0.381. The van der Waals surface area contributed by atoms with E-state index in [1.54, 1.807) is 0 Å². The molecule has 1 atom stereocenters. The molecule has 2 aromatic carbocycles. The lowest BCUT2D eigenvalue weighted by Gasteiger charge is -2.17. The van der Waals surface area contributed by atoms with E-state index in [2.05, 4.69) is 15.5 Å². The predicted molar refractivity (Wildman–Crippen MR) is 104 cm³/mol. The van der Waals surface area contributed by atoms with Crippen LogP contribution >= 0.6 is 23.1 Å². The van der Waals surface area contributed by atoms with E-state index in [4.69, 9.17) is 0 Å². The van der Waals surface area contributed by atoms with Gasteiger partial charge in [-0.3, -0.25) is 4.79 Å². The van der Waals surface area contributed by atoms with Crippen molar-refractivity contribution in [1.29, 1.82) is 0 Å². The highest BCUT2D eigenvalue weighted by Crippen LogP contribution is 2.37. The van der Waals surface area contributed by atoms with Crippen LogP contribution in [0.4, 0.5) is 5.69 Å². The molecule has 0 saturated carbocycles. The Bertz CT molecular complexity index is 877. The molecule has 0 saturated heterocycles. The highest BCUT2D eigenvalue weighted by Gasteiger charge is 2.24. The summed E-state index contributed by atoms with van der Waals surface area (Å²) < 4.78 is 0.794. The molecule has 0 aliphatic heterocycles. The lowest BCUT2D eigenvalue weighted by molar-refractivity contribution is -0.115. The van der Waals surface area contributed by atoms with E-state index in [1.165, 1.54) is 23.1 Å². The fourth-order valence-electron chi connectivity index (χ4n) is 2.40. The van der Waals surface area contributed by atoms with Gasteiger partial charge in [0, 0.05) is 5.69 Å². The third-order valence-electron chi connectivity index (χ3n) is 3.72. The first-order valence-electron chi connectivity index (χ1n) is 7.93. The zero-order valence-electron chi connectivity index (χ0n) is 14.3. The van der Waals surface area contributed by atoms with Crippen molar-refractivity contribution < 1.29 is 4.79 Å². The quantitative estimate of drug-likeness (QED) is 0.648. The highest BCUT2D eigenvalue weighted by molar-refractivity contribution is 8.01. The molecule has 1 N–H and O–H groups in total. The molecule has 4 nitrogen and oxygen atoms in total. The Hall–Kier alpha value is -2.18. The fraction of sp³-hybridized carbons (Fsp3) is 0.211. The number of amides is 1. The van der Waals surface area contributed by atoms with Crippen LogP contribution in [0.15, 0.2) is 52.9 Å². The first kappa shape index (κ1) is 17.6. The second kappa shape index (κ2) is 7.80. The highest BCUT2D eigenvalue weighted by atomic mass is 32.2. The van der Waals surface area contributed by atoms with Gasteiger partial charge in [-0.1, -0.05) is 65.6 Å². The number of hydrogen-bond donors (Lipinski definition) is 1. The number of rotatable bonds is 5. The SMILES string of the molecule is Cc1ccc(C)c(NC(=O)[C@H](Sc2nnc(C)s2)c2ccccc2)c1. The van der Waals surface area contributed by atoms with E-state index in [0.29, 0.717) is 0 Å². The van der Waals surface area contributed by atoms with Gasteiger partial charge >= 0.3 is 0 Å². The molecule has 128 valence electrons. The third kappa shape index (κ3) is 4.46. The number of carbonyl (C=O) groups excluding carboxylic acids is 1. The van der Waals surface area contributed by atoms with Gasteiger partial charge in [0.2, 0.25) is 5.91 Å². The molecule has 1 amide bonds. The standard InChI is InChI=1S/C19H19N3OS2/c1-12-9-10-13(2)16(11-12)20-18(23)17(15-7-5-4-6-8-15)25-19-22-21-14(3)24-19/h4-11,17H,1-3H3,(H,20,23)/t17-/m1/s1. The molecule has 0 radical (unpaired) electrons. The van der Waals surface area contributed by atoms with Crippen molar-refractivity contribution in [3.8, 4) is 0 Å². The van der Waals surface area contributed by atoms with Crippen molar-refractivity contribution >= 4 is 34.7 Å². The van der Waals surface area contributed by atoms with Gasteiger partial charge in [0.1, 0.15) is 10.3 Å². The van der Waals surface area contributed by atoms with E-state index >= 15 is 0 Å². The van der Waals surface area contributed by atoms with Gasteiger partial charge in [0.25, 0.3) is 0 Å². The number of aryl methyl sites for hydroxylation is 3. The van der Waals surface area contributed by atoms with Crippen molar-refractivity contribution in [2.75, 3.05) is 5.32 Å². The summed E-state index contributed by atoms with van der Waals surface area (Å²) in [6, 6.07) is 15.8. The summed E-state index contributed by atoms with van der Waals surface area (Å²) in [5.41, 5.74) is 3.95. The summed E-state index contributed by atoms with van der Waals surface area (Å²) in [5.74, 6) is -0.0576. The number of nitrogens with zero attached hydrogens (tertiary/aromatic N) is 2. The average molecular weight is 370 g/mol. The first-order valence-corrected chi connectivity index (χ1v) is 9.62. The number of thioether (sulfide) groups is 1. The van der Waals surface area contributed by atoms with Gasteiger partial charge in [-0.25, -0.2) is 0 Å². The largest absolute Gasteiger partial charge is 0.325 e. The molecule has 0 spiro atoms. The van der Waals surface area contributed by atoms with E-state index in [0.717, 1.165) is 31.7 Å². The Kier molecular flexibility index (Phi) is 5.50. The van der Waals surface area contributed by atoms with Gasteiger partial charge in [-0.15, -0.1) is 10.2 Å². The Labute approximate surface area is 155 Å². The molecule has 1 heterocycles. The van der Waals surface area contributed by atoms with Gasteiger partial charge in [0.05, 0.1) is 0 Å². The third-order valence-corrected chi connectivity index (χ3v) is 5.89. The number of anilines is 1. The zero-order valence-corrected chi connectivity index (χ0v) is 15.9. The van der Waals surface area contributed by atoms with Gasteiger partial charge < -0.3 is 5.32 Å². The monoisotopic (exact) mass is 369 g/mol. The van der Waals surface area contributed by atoms with Crippen LogP contribution < -0.4 is 5.32 Å². The maximum Gasteiger partial charge on any atom is 0.242 e. The molecule has 1 aromatic heterocycles. The van der Waals surface area contributed by atoms with Gasteiger partial charge in [0.15, 0.2) is 4.34 Å². The summed E-state index contributed by atoms with van der Waals surface area (Å²) in [4.78, 5) is 13.0. The van der Waals surface area contributed by atoms with E-state index < -0.39 is 0 Å². The molecule has 0 bridgehead atoms. The van der Waals surface area contributed by atoms with Crippen molar-refractivity contribution in [3.63, 3.8) is 0 Å². The molecular formula is C19H19N3OS2. The fourth-order valence-corrected chi connectivity index (χ4v) is 4.40. The Morgan fingerprint density at radius 3 is 2.52 bits per heavy atom. The van der Waals surface area contributed by atoms with Crippen LogP contribution in [-0.4, -0.2) is 16.1 Å². The Morgan fingerprint density at radius 2 is 1.84 bits per heavy atom. The number of carbonyl (C=O) groups is 1. The minimum Gasteiger partial charge on any atom is -0.325 e. The first-order chi connectivity index (χ1) is 12.0. The topological polar surface area (TPSA) is 54.9 Å². The molecule has 25 heavy (non-hydrogen) atoms. The van der Waals surface area contributed by atoms with E-state index in [9.17, 15) is 4.79 Å². The summed E-state index contributed by atoms with van der Waals surface area (Å²) in [7, 11) is 0. The summed E-state index contributed by atoms with van der Waals surface area (Å²) in [6.07, 6.45) is 0. The lowest BCUT2D eigenvalue weighted by Crippen LogP contribution is -2.19. The van der Waals surface area contributed by atoms with E-state index in [1.807, 2.05) is 69.3 Å². The van der Waals surface area contributed by atoms with Crippen molar-refractivity contribution in [3.05, 3.63) is 70.2 Å². The summed E-state index contributed by atoms with van der Waals surface area (Å²) in [5, 5.41) is 11.8. The Balaban J connectivity index is 1.88. The number of benzene rings is 2. The maximum absolute atomic E-state index is 13.0. The van der Waals surface area contributed by atoms with Crippen LogP contribution in [0.5, 0.6) is 0 Å². The normalized spacial score (nSPS) is 12.0. The molecule has 6 heteroatoms. The van der Waals surface area contributed by atoms with Crippen molar-refractivity contribution in [2.45, 2.75) is 30.4 Å². The lowest BCUT2D eigenvalue weighted by atomic mass is 10.1. The van der Waals surface area contributed by atoms with Crippen LogP contribution in [0.25, 0.3) is 0 Å².